The molecule has 106 valence electrons. The number of ketones is 1. The Bertz CT molecular complexity index is 545. The van der Waals surface area contributed by atoms with E-state index in [9.17, 15) is 14.4 Å². The second-order valence-corrected chi connectivity index (χ2v) is 5.01. The van der Waals surface area contributed by atoms with Crippen molar-refractivity contribution in [1.29, 1.82) is 0 Å². The monoisotopic (exact) mass is 275 g/mol. The number of rotatable bonds is 3. The summed E-state index contributed by atoms with van der Waals surface area (Å²) in [4.78, 5) is 36.5. The molecule has 0 aromatic heterocycles. The van der Waals surface area contributed by atoms with Gasteiger partial charge in [-0.25, -0.2) is 0 Å². The van der Waals surface area contributed by atoms with Gasteiger partial charge in [0, 0.05) is 18.7 Å². The van der Waals surface area contributed by atoms with E-state index in [4.69, 9.17) is 5.11 Å². The molecule has 0 spiro atoms. The van der Waals surface area contributed by atoms with Crippen molar-refractivity contribution in [2.75, 3.05) is 13.1 Å². The Morgan fingerprint density at radius 3 is 2.15 bits per heavy atom. The van der Waals surface area contributed by atoms with Crippen molar-refractivity contribution in [3.05, 3.63) is 35.4 Å². The average Bonchev–Trinajstić information content (AvgIpc) is 2.46. The van der Waals surface area contributed by atoms with Gasteiger partial charge >= 0.3 is 5.97 Å². The van der Waals surface area contributed by atoms with Gasteiger partial charge in [-0.05, 0) is 25.8 Å². The fourth-order valence-corrected chi connectivity index (χ4v) is 2.48. The van der Waals surface area contributed by atoms with Gasteiger partial charge in [0.25, 0.3) is 5.91 Å². The highest BCUT2D eigenvalue weighted by Crippen LogP contribution is 2.20. The van der Waals surface area contributed by atoms with Crippen LogP contribution in [0, 0.1) is 5.92 Å². The number of carbonyl (C=O) groups excluding carboxylic acids is 2. The lowest BCUT2D eigenvalue weighted by atomic mass is 9.95. The van der Waals surface area contributed by atoms with E-state index < -0.39 is 5.97 Å². The fourth-order valence-electron chi connectivity index (χ4n) is 2.48. The van der Waals surface area contributed by atoms with E-state index in [1.807, 2.05) is 0 Å². The van der Waals surface area contributed by atoms with E-state index in [0.29, 0.717) is 37.1 Å². The average molecular weight is 275 g/mol. The van der Waals surface area contributed by atoms with Crippen molar-refractivity contribution < 1.29 is 19.5 Å². The Labute approximate surface area is 117 Å². The van der Waals surface area contributed by atoms with Crippen molar-refractivity contribution in [2.24, 2.45) is 5.92 Å². The van der Waals surface area contributed by atoms with Crippen LogP contribution in [0.5, 0.6) is 0 Å². The number of carboxylic acid groups (broad SMARTS) is 1. The van der Waals surface area contributed by atoms with Gasteiger partial charge < -0.3 is 10.0 Å². The summed E-state index contributed by atoms with van der Waals surface area (Å²) in [6, 6.07) is 6.73. The zero-order valence-electron chi connectivity index (χ0n) is 11.3. The largest absolute Gasteiger partial charge is 0.481 e. The van der Waals surface area contributed by atoms with Gasteiger partial charge in [0.1, 0.15) is 0 Å². The number of carboxylic acids is 1. The number of benzene rings is 1. The summed E-state index contributed by atoms with van der Waals surface area (Å²) >= 11 is 0. The van der Waals surface area contributed by atoms with Gasteiger partial charge in [0.15, 0.2) is 5.78 Å². The van der Waals surface area contributed by atoms with E-state index in [2.05, 4.69) is 0 Å². The second kappa shape index (κ2) is 5.86. The summed E-state index contributed by atoms with van der Waals surface area (Å²) in [7, 11) is 0. The minimum Gasteiger partial charge on any atom is -0.481 e. The van der Waals surface area contributed by atoms with Crippen LogP contribution in [-0.4, -0.2) is 40.8 Å². The summed E-state index contributed by atoms with van der Waals surface area (Å²) in [5.74, 6) is -1.52. The van der Waals surface area contributed by atoms with Crippen LogP contribution >= 0.6 is 0 Å². The highest BCUT2D eigenvalue weighted by atomic mass is 16.4. The number of amides is 1. The standard InChI is InChI=1S/C15H17NO4/c1-10(17)12-4-2-3-5-13(12)14(18)16-8-6-11(7-9-16)15(19)20/h2-5,11H,6-9H2,1H3,(H,19,20). The van der Waals surface area contributed by atoms with Crippen LogP contribution in [0.2, 0.25) is 0 Å². The molecule has 1 aliphatic rings. The Morgan fingerprint density at radius 2 is 1.65 bits per heavy atom. The maximum atomic E-state index is 12.4. The molecule has 0 radical (unpaired) electrons. The van der Waals surface area contributed by atoms with Gasteiger partial charge in [-0.15, -0.1) is 0 Å². The predicted octanol–water partition coefficient (Wildman–Crippen LogP) is 1.83. The predicted molar refractivity (Wildman–Crippen MR) is 72.7 cm³/mol. The van der Waals surface area contributed by atoms with Crippen LogP contribution in [0.3, 0.4) is 0 Å². The zero-order valence-corrected chi connectivity index (χ0v) is 11.3. The molecule has 5 heteroatoms. The molecule has 5 nitrogen and oxygen atoms in total. The fraction of sp³-hybridized carbons (Fsp3) is 0.400. The molecule has 1 N–H and O–H groups in total. The quantitative estimate of drug-likeness (QED) is 0.854. The molecular weight excluding hydrogens is 258 g/mol. The normalized spacial score (nSPS) is 15.9. The molecule has 0 unspecified atom stereocenters. The summed E-state index contributed by atoms with van der Waals surface area (Å²) in [6.45, 7) is 2.27. The number of aliphatic carboxylic acids is 1. The molecule has 1 heterocycles. The Morgan fingerprint density at radius 1 is 1.10 bits per heavy atom. The summed E-state index contributed by atoms with van der Waals surface area (Å²) in [5.41, 5.74) is 0.812. The highest BCUT2D eigenvalue weighted by molar-refractivity contribution is 6.07. The molecule has 1 saturated heterocycles. The van der Waals surface area contributed by atoms with Gasteiger partial charge in [-0.3, -0.25) is 14.4 Å². The number of piperidine rings is 1. The summed E-state index contributed by atoms with van der Waals surface area (Å²) < 4.78 is 0. The molecule has 1 fully saturated rings. The first kappa shape index (κ1) is 14.2. The van der Waals surface area contributed by atoms with Gasteiger partial charge in [0.05, 0.1) is 11.5 Å². The van der Waals surface area contributed by atoms with Crippen LogP contribution in [0.15, 0.2) is 24.3 Å². The lowest BCUT2D eigenvalue weighted by molar-refractivity contribution is -0.143. The third kappa shape index (κ3) is 2.87. The van der Waals surface area contributed by atoms with Crippen LogP contribution in [0.4, 0.5) is 0 Å². The number of hydrogen-bond donors (Lipinski definition) is 1. The topological polar surface area (TPSA) is 74.7 Å². The number of nitrogens with zero attached hydrogens (tertiary/aromatic N) is 1. The van der Waals surface area contributed by atoms with E-state index >= 15 is 0 Å². The van der Waals surface area contributed by atoms with Crippen molar-refractivity contribution in [3.8, 4) is 0 Å². The molecule has 1 aromatic carbocycles. The first-order valence-corrected chi connectivity index (χ1v) is 6.62. The molecule has 0 saturated carbocycles. The zero-order chi connectivity index (χ0) is 14.7. The number of Topliss-reactive ketones (excluding diaryl/α,β-unsaturated/α-hetero) is 1. The molecule has 1 amide bonds. The first-order chi connectivity index (χ1) is 9.50. The number of hydrogen-bond acceptors (Lipinski definition) is 3. The molecule has 0 bridgehead atoms. The molecule has 2 rings (SSSR count). The lowest BCUT2D eigenvalue weighted by Crippen LogP contribution is -2.40. The van der Waals surface area contributed by atoms with Crippen molar-refractivity contribution in [2.45, 2.75) is 19.8 Å². The van der Waals surface area contributed by atoms with Crippen molar-refractivity contribution >= 4 is 17.7 Å². The molecule has 20 heavy (non-hydrogen) atoms. The third-order valence-corrected chi connectivity index (χ3v) is 3.67. The lowest BCUT2D eigenvalue weighted by Gasteiger charge is -2.30. The first-order valence-electron chi connectivity index (χ1n) is 6.62. The number of likely N-dealkylation sites (tertiary alicyclic amines) is 1. The van der Waals surface area contributed by atoms with E-state index in [1.165, 1.54) is 6.92 Å². The molecule has 1 aliphatic heterocycles. The SMILES string of the molecule is CC(=O)c1ccccc1C(=O)N1CCC(C(=O)O)CC1. The van der Waals surface area contributed by atoms with E-state index in [0.717, 1.165) is 0 Å². The maximum Gasteiger partial charge on any atom is 0.306 e. The number of carbonyl (C=O) groups is 3. The molecule has 0 aliphatic carbocycles. The van der Waals surface area contributed by atoms with E-state index in [-0.39, 0.29) is 17.6 Å². The van der Waals surface area contributed by atoms with Crippen molar-refractivity contribution in [1.82, 2.24) is 4.90 Å². The van der Waals surface area contributed by atoms with Crippen molar-refractivity contribution in [3.63, 3.8) is 0 Å². The maximum absolute atomic E-state index is 12.4. The van der Waals surface area contributed by atoms with Crippen LogP contribution in [0.25, 0.3) is 0 Å². The Hall–Kier alpha value is -2.17. The van der Waals surface area contributed by atoms with Crippen LogP contribution in [0.1, 0.15) is 40.5 Å². The Kier molecular flexibility index (Phi) is 4.17. The highest BCUT2D eigenvalue weighted by Gasteiger charge is 2.28. The molecular formula is C15H17NO4. The Balaban J connectivity index is 2.13. The molecule has 1 aromatic rings. The third-order valence-electron chi connectivity index (χ3n) is 3.67. The van der Waals surface area contributed by atoms with Gasteiger partial charge in [-0.2, -0.15) is 0 Å². The van der Waals surface area contributed by atoms with E-state index in [1.54, 1.807) is 29.2 Å². The minimum atomic E-state index is -0.804. The minimum absolute atomic E-state index is 0.144. The smallest absolute Gasteiger partial charge is 0.306 e. The molecule has 0 atom stereocenters. The second-order valence-electron chi connectivity index (χ2n) is 5.01. The van der Waals surface area contributed by atoms with Gasteiger partial charge in [-0.1, -0.05) is 18.2 Å². The summed E-state index contributed by atoms with van der Waals surface area (Å²) in [6.07, 6.45) is 0.923. The summed E-state index contributed by atoms with van der Waals surface area (Å²) in [5, 5.41) is 8.95. The van der Waals surface area contributed by atoms with Crippen LogP contribution < -0.4 is 0 Å². The van der Waals surface area contributed by atoms with Gasteiger partial charge in [0.2, 0.25) is 0 Å². The van der Waals surface area contributed by atoms with Crippen LogP contribution in [-0.2, 0) is 4.79 Å².